The molecule has 0 unspecified atom stereocenters. The topological polar surface area (TPSA) is 111 Å². The Kier molecular flexibility index (Phi) is 3.99. The van der Waals surface area contributed by atoms with Crippen molar-refractivity contribution in [3.8, 4) is 0 Å². The van der Waals surface area contributed by atoms with E-state index in [1.54, 1.807) is 0 Å². The molecule has 8 nitrogen and oxygen atoms in total. The van der Waals surface area contributed by atoms with Crippen LogP contribution >= 0.6 is 0 Å². The van der Waals surface area contributed by atoms with Crippen LogP contribution in [0.15, 0.2) is 29.0 Å². The number of hydrogen-bond donors (Lipinski definition) is 1. The lowest BCUT2D eigenvalue weighted by Crippen LogP contribution is -2.26. The molecule has 0 aliphatic rings. The summed E-state index contributed by atoms with van der Waals surface area (Å²) in [6.45, 7) is 0.134. The molecule has 0 atom stereocenters. The van der Waals surface area contributed by atoms with Crippen molar-refractivity contribution in [1.29, 1.82) is 0 Å². The third-order valence-electron chi connectivity index (χ3n) is 2.43. The molecule has 2 aromatic rings. The maximum absolute atomic E-state index is 13.1. The van der Waals surface area contributed by atoms with Gasteiger partial charge in [-0.15, -0.1) is 0 Å². The number of nitro benzene ring substituents is 1. The summed E-state index contributed by atoms with van der Waals surface area (Å²) in [6.07, 6.45) is 1.49. The van der Waals surface area contributed by atoms with Crippen LogP contribution in [0, 0.1) is 15.9 Å². The van der Waals surface area contributed by atoms with E-state index in [1.165, 1.54) is 6.33 Å². The second-order valence-corrected chi connectivity index (χ2v) is 3.76. The molecule has 0 bridgehead atoms. The maximum Gasteiger partial charge on any atom is 0.282 e. The summed E-state index contributed by atoms with van der Waals surface area (Å²) in [6, 6.07) is 2.69. The fourth-order valence-electron chi connectivity index (χ4n) is 1.53. The van der Waals surface area contributed by atoms with Crippen LogP contribution in [0.3, 0.4) is 0 Å². The van der Waals surface area contributed by atoms with Gasteiger partial charge >= 0.3 is 0 Å². The molecule has 9 heteroatoms. The number of aromatic nitrogens is 2. The molecule has 1 aromatic carbocycles. The Morgan fingerprint density at radius 3 is 2.95 bits per heavy atom. The van der Waals surface area contributed by atoms with E-state index >= 15 is 0 Å². The number of nitro groups is 1. The predicted octanol–water partition coefficient (Wildman–Crippen LogP) is 1.09. The van der Waals surface area contributed by atoms with Crippen LogP contribution in [-0.2, 0) is 6.42 Å². The number of halogens is 1. The highest BCUT2D eigenvalue weighted by atomic mass is 19.1. The molecule has 1 heterocycles. The molecule has 0 aliphatic heterocycles. The lowest BCUT2D eigenvalue weighted by molar-refractivity contribution is -0.385. The summed E-state index contributed by atoms with van der Waals surface area (Å²) in [7, 11) is 0. The second kappa shape index (κ2) is 5.87. The number of nitrogens with one attached hydrogen (secondary N) is 1. The molecule has 20 heavy (non-hydrogen) atoms. The second-order valence-electron chi connectivity index (χ2n) is 3.76. The molecule has 1 aromatic heterocycles. The summed E-state index contributed by atoms with van der Waals surface area (Å²) in [5, 5.41) is 16.6. The van der Waals surface area contributed by atoms with E-state index in [0.29, 0.717) is 5.89 Å². The fourth-order valence-corrected chi connectivity index (χ4v) is 1.53. The van der Waals surface area contributed by atoms with E-state index in [0.717, 1.165) is 18.2 Å². The smallest absolute Gasteiger partial charge is 0.282 e. The summed E-state index contributed by atoms with van der Waals surface area (Å²) in [5.41, 5.74) is -0.790. The van der Waals surface area contributed by atoms with Crippen molar-refractivity contribution < 1.29 is 18.6 Å². The minimum Gasteiger partial charge on any atom is -0.351 e. The van der Waals surface area contributed by atoms with Crippen molar-refractivity contribution in [3.63, 3.8) is 0 Å². The molecule has 0 radical (unpaired) electrons. The molecule has 1 amide bonds. The third kappa shape index (κ3) is 3.13. The molecule has 0 saturated heterocycles. The van der Waals surface area contributed by atoms with Gasteiger partial charge in [0.05, 0.1) is 4.92 Å². The van der Waals surface area contributed by atoms with Crippen LogP contribution in [-0.4, -0.2) is 27.5 Å². The van der Waals surface area contributed by atoms with Crippen molar-refractivity contribution in [2.75, 3.05) is 6.54 Å². The van der Waals surface area contributed by atoms with Crippen molar-refractivity contribution in [2.24, 2.45) is 0 Å². The first-order valence-electron chi connectivity index (χ1n) is 5.55. The van der Waals surface area contributed by atoms with Crippen molar-refractivity contribution >= 4 is 11.6 Å². The molecule has 2 rings (SSSR count). The van der Waals surface area contributed by atoms with Crippen LogP contribution in [0.4, 0.5) is 10.1 Å². The SMILES string of the molecule is O=C(NCCc1ncno1)c1cc(F)ccc1[N+](=O)[O-]. The summed E-state index contributed by atoms with van der Waals surface area (Å²) in [4.78, 5) is 25.6. The average Bonchev–Trinajstić information content (AvgIpc) is 2.91. The van der Waals surface area contributed by atoms with Gasteiger partial charge in [0.2, 0.25) is 5.89 Å². The van der Waals surface area contributed by atoms with Gasteiger partial charge in [0, 0.05) is 19.0 Å². The molecule has 1 N–H and O–H groups in total. The van der Waals surface area contributed by atoms with Gasteiger partial charge in [0.15, 0.2) is 6.33 Å². The van der Waals surface area contributed by atoms with Gasteiger partial charge in [-0.05, 0) is 12.1 Å². The quantitative estimate of drug-likeness (QED) is 0.648. The van der Waals surface area contributed by atoms with Crippen molar-refractivity contribution in [3.05, 3.63) is 51.9 Å². The Morgan fingerprint density at radius 1 is 1.50 bits per heavy atom. The van der Waals surface area contributed by atoms with Gasteiger partial charge in [-0.1, -0.05) is 5.16 Å². The third-order valence-corrected chi connectivity index (χ3v) is 2.43. The number of nitrogens with zero attached hydrogens (tertiary/aromatic N) is 3. The number of carbonyl (C=O) groups excluding carboxylic acids is 1. The summed E-state index contributed by atoms with van der Waals surface area (Å²) >= 11 is 0. The zero-order chi connectivity index (χ0) is 14.5. The Hall–Kier alpha value is -2.84. The Morgan fingerprint density at radius 2 is 2.30 bits per heavy atom. The highest BCUT2D eigenvalue weighted by molar-refractivity contribution is 5.98. The first-order valence-corrected chi connectivity index (χ1v) is 5.55. The normalized spacial score (nSPS) is 10.2. The summed E-state index contributed by atoms with van der Waals surface area (Å²) < 4.78 is 17.8. The van der Waals surface area contributed by atoms with Gasteiger partial charge < -0.3 is 9.84 Å². The van der Waals surface area contributed by atoms with Crippen LogP contribution in [0.5, 0.6) is 0 Å². The van der Waals surface area contributed by atoms with Crippen molar-refractivity contribution in [1.82, 2.24) is 15.5 Å². The van der Waals surface area contributed by atoms with E-state index < -0.39 is 22.3 Å². The predicted molar refractivity (Wildman–Crippen MR) is 63.4 cm³/mol. The van der Waals surface area contributed by atoms with Crippen LogP contribution in [0.1, 0.15) is 16.2 Å². The van der Waals surface area contributed by atoms with Gasteiger partial charge in [0.1, 0.15) is 11.4 Å². The number of amides is 1. The molecular weight excluding hydrogens is 271 g/mol. The van der Waals surface area contributed by atoms with E-state index in [-0.39, 0.29) is 18.5 Å². The first-order chi connectivity index (χ1) is 9.58. The van der Waals surface area contributed by atoms with Crippen molar-refractivity contribution in [2.45, 2.75) is 6.42 Å². The highest BCUT2D eigenvalue weighted by Gasteiger charge is 2.20. The zero-order valence-electron chi connectivity index (χ0n) is 10.1. The van der Waals surface area contributed by atoms with Crippen LogP contribution in [0.25, 0.3) is 0 Å². The van der Waals surface area contributed by atoms with Gasteiger partial charge in [0.25, 0.3) is 11.6 Å². The van der Waals surface area contributed by atoms with E-state index in [9.17, 15) is 19.3 Å². The molecule has 0 spiro atoms. The molecular formula is C11H9FN4O4. The Labute approximate surface area is 111 Å². The van der Waals surface area contributed by atoms with E-state index in [1.807, 2.05) is 0 Å². The van der Waals surface area contributed by atoms with Gasteiger partial charge in [-0.2, -0.15) is 4.98 Å². The van der Waals surface area contributed by atoms with Gasteiger partial charge in [-0.3, -0.25) is 14.9 Å². The minimum atomic E-state index is -0.744. The Bertz CT molecular complexity index is 629. The summed E-state index contributed by atoms with van der Waals surface area (Å²) in [5.74, 6) is -1.15. The number of benzene rings is 1. The number of carbonyl (C=O) groups is 1. The average molecular weight is 280 g/mol. The van der Waals surface area contributed by atoms with Gasteiger partial charge in [-0.25, -0.2) is 4.39 Å². The lowest BCUT2D eigenvalue weighted by Gasteiger charge is -2.04. The number of rotatable bonds is 5. The minimum absolute atomic E-state index is 0.134. The monoisotopic (exact) mass is 280 g/mol. The lowest BCUT2D eigenvalue weighted by atomic mass is 10.1. The molecule has 104 valence electrons. The highest BCUT2D eigenvalue weighted by Crippen LogP contribution is 2.19. The maximum atomic E-state index is 13.1. The molecule has 0 fully saturated rings. The fraction of sp³-hybridized carbons (Fsp3) is 0.182. The van der Waals surface area contributed by atoms with Crippen LogP contribution in [0.2, 0.25) is 0 Å². The molecule has 0 aliphatic carbocycles. The standard InChI is InChI=1S/C11H9FN4O4/c12-7-1-2-9(16(18)19)8(5-7)11(17)13-4-3-10-14-6-15-20-10/h1-2,5-6H,3-4H2,(H,13,17). The molecule has 0 saturated carbocycles. The zero-order valence-corrected chi connectivity index (χ0v) is 10.1. The van der Waals surface area contributed by atoms with E-state index in [4.69, 9.17) is 4.52 Å². The Balaban J connectivity index is 2.05. The number of hydrogen-bond acceptors (Lipinski definition) is 6. The van der Waals surface area contributed by atoms with E-state index in [2.05, 4.69) is 15.5 Å². The first kappa shape index (κ1) is 13.6. The van der Waals surface area contributed by atoms with Crippen LogP contribution < -0.4 is 5.32 Å². The largest absolute Gasteiger partial charge is 0.351 e.